The molecule has 3 heterocycles. The molecular formula is C25H22FN3O4. The number of fused-ring (bicyclic) bond motifs is 2. The van der Waals surface area contributed by atoms with Crippen LogP contribution in [0, 0.1) is 12.7 Å². The van der Waals surface area contributed by atoms with Crippen LogP contribution in [0.1, 0.15) is 27.2 Å². The molecule has 5 rings (SSSR count). The standard InChI is InChI=1S/C25H22FN3O4/c1-14-23-18(12-20(27-24(23)33-28-14)17-6-4-5-7-19(17)26)25(30)29-9-8-15-10-21(31-2)22(32-3)11-16(15)13-29/h4-7,10-12H,8-9,13H2,1-3H3. The Balaban J connectivity index is 1.56. The molecule has 0 radical (unpaired) electrons. The van der Waals surface area contributed by atoms with Crippen molar-refractivity contribution in [3.8, 4) is 22.8 Å². The number of carbonyl (C=O) groups is 1. The van der Waals surface area contributed by atoms with Gasteiger partial charge in [0.15, 0.2) is 11.5 Å². The Morgan fingerprint density at radius 3 is 2.55 bits per heavy atom. The van der Waals surface area contributed by atoms with Crippen LogP contribution in [0.25, 0.3) is 22.4 Å². The molecule has 7 nitrogen and oxygen atoms in total. The van der Waals surface area contributed by atoms with Crippen LogP contribution in [0.4, 0.5) is 4.39 Å². The van der Waals surface area contributed by atoms with Gasteiger partial charge in [-0.15, -0.1) is 0 Å². The van der Waals surface area contributed by atoms with Gasteiger partial charge < -0.3 is 18.9 Å². The zero-order chi connectivity index (χ0) is 23.1. The van der Waals surface area contributed by atoms with Gasteiger partial charge in [0.1, 0.15) is 5.82 Å². The highest BCUT2D eigenvalue weighted by molar-refractivity contribution is 6.07. The summed E-state index contributed by atoms with van der Waals surface area (Å²) in [6, 6.07) is 11.8. The van der Waals surface area contributed by atoms with Gasteiger partial charge in [-0.2, -0.15) is 0 Å². The van der Waals surface area contributed by atoms with E-state index in [2.05, 4.69) is 10.1 Å². The first-order chi connectivity index (χ1) is 16.0. The predicted octanol–water partition coefficient (Wildman–Crippen LogP) is 4.55. The van der Waals surface area contributed by atoms with Gasteiger partial charge in [-0.3, -0.25) is 4.79 Å². The molecule has 2 aromatic heterocycles. The number of carbonyl (C=O) groups excluding carboxylic acids is 1. The number of benzene rings is 2. The summed E-state index contributed by atoms with van der Waals surface area (Å²) in [6.07, 6.45) is 0.679. The Morgan fingerprint density at radius 1 is 1.09 bits per heavy atom. The summed E-state index contributed by atoms with van der Waals surface area (Å²) < 4.78 is 30.7. The summed E-state index contributed by atoms with van der Waals surface area (Å²) in [5.41, 5.74) is 3.89. The zero-order valence-corrected chi connectivity index (χ0v) is 18.5. The van der Waals surface area contributed by atoms with Crippen LogP contribution in [0.5, 0.6) is 11.5 Å². The largest absolute Gasteiger partial charge is 0.493 e. The molecular weight excluding hydrogens is 425 g/mol. The minimum atomic E-state index is -0.424. The summed E-state index contributed by atoms with van der Waals surface area (Å²) in [5.74, 6) is 0.675. The monoisotopic (exact) mass is 447 g/mol. The van der Waals surface area contributed by atoms with Crippen molar-refractivity contribution in [2.75, 3.05) is 20.8 Å². The van der Waals surface area contributed by atoms with Crippen molar-refractivity contribution in [1.82, 2.24) is 15.0 Å². The van der Waals surface area contributed by atoms with E-state index < -0.39 is 5.82 Å². The summed E-state index contributed by atoms with van der Waals surface area (Å²) in [4.78, 5) is 19.9. The number of halogens is 1. The molecule has 168 valence electrons. The number of hydrogen-bond donors (Lipinski definition) is 0. The van der Waals surface area contributed by atoms with Crippen LogP contribution in [0.3, 0.4) is 0 Å². The zero-order valence-electron chi connectivity index (χ0n) is 18.5. The van der Waals surface area contributed by atoms with Crippen molar-refractivity contribution >= 4 is 17.0 Å². The summed E-state index contributed by atoms with van der Waals surface area (Å²) in [7, 11) is 3.19. The smallest absolute Gasteiger partial charge is 0.259 e. The van der Waals surface area contributed by atoms with E-state index in [-0.39, 0.29) is 11.6 Å². The maximum Gasteiger partial charge on any atom is 0.259 e. The fourth-order valence-corrected chi connectivity index (χ4v) is 4.30. The Kier molecular flexibility index (Phi) is 5.20. The Bertz CT molecular complexity index is 1380. The molecule has 8 heteroatoms. The molecule has 4 aromatic rings. The van der Waals surface area contributed by atoms with Crippen LogP contribution < -0.4 is 9.47 Å². The van der Waals surface area contributed by atoms with E-state index in [1.807, 2.05) is 12.1 Å². The third-order valence-corrected chi connectivity index (χ3v) is 6.00. The van der Waals surface area contributed by atoms with Crippen molar-refractivity contribution in [3.05, 3.63) is 70.7 Å². The molecule has 2 aromatic carbocycles. The highest BCUT2D eigenvalue weighted by Gasteiger charge is 2.27. The highest BCUT2D eigenvalue weighted by atomic mass is 19.1. The van der Waals surface area contributed by atoms with E-state index in [1.54, 1.807) is 50.3 Å². The molecule has 0 saturated heterocycles. The maximum atomic E-state index is 14.5. The number of nitrogens with zero attached hydrogens (tertiary/aromatic N) is 3. The predicted molar refractivity (Wildman–Crippen MR) is 120 cm³/mol. The van der Waals surface area contributed by atoms with Gasteiger partial charge in [0.2, 0.25) is 0 Å². The second-order valence-corrected chi connectivity index (χ2v) is 7.94. The van der Waals surface area contributed by atoms with Crippen molar-refractivity contribution in [3.63, 3.8) is 0 Å². The minimum absolute atomic E-state index is 0.188. The van der Waals surface area contributed by atoms with Crippen LogP contribution in [0.2, 0.25) is 0 Å². The van der Waals surface area contributed by atoms with Crippen molar-refractivity contribution in [1.29, 1.82) is 0 Å². The number of hydrogen-bond acceptors (Lipinski definition) is 6. The number of methoxy groups -OCH3 is 2. The lowest BCUT2D eigenvalue weighted by Crippen LogP contribution is -2.36. The van der Waals surface area contributed by atoms with Gasteiger partial charge in [-0.05, 0) is 54.8 Å². The first kappa shape index (κ1) is 20.9. The SMILES string of the molecule is COc1cc2c(cc1OC)CN(C(=O)c1cc(-c3ccccc3F)nc3onc(C)c13)CC2. The van der Waals surface area contributed by atoms with Crippen molar-refractivity contribution < 1.29 is 23.2 Å². The quantitative estimate of drug-likeness (QED) is 0.457. The number of aryl methyl sites for hydroxylation is 1. The van der Waals surface area contributed by atoms with Crippen LogP contribution >= 0.6 is 0 Å². The summed E-state index contributed by atoms with van der Waals surface area (Å²) in [5, 5.41) is 4.53. The van der Waals surface area contributed by atoms with Gasteiger partial charge in [-0.1, -0.05) is 17.3 Å². The normalized spacial score (nSPS) is 13.2. The highest BCUT2D eigenvalue weighted by Crippen LogP contribution is 2.35. The number of aromatic nitrogens is 2. The summed E-state index contributed by atoms with van der Waals surface area (Å²) in [6.45, 7) is 2.71. The minimum Gasteiger partial charge on any atom is -0.493 e. The Labute approximate surface area is 189 Å². The number of pyridine rings is 1. The Morgan fingerprint density at radius 2 is 1.82 bits per heavy atom. The fourth-order valence-electron chi connectivity index (χ4n) is 4.30. The Hall–Kier alpha value is -3.94. The molecule has 0 atom stereocenters. The maximum absolute atomic E-state index is 14.5. The number of amides is 1. The van der Waals surface area contributed by atoms with E-state index in [9.17, 15) is 9.18 Å². The molecule has 1 aliphatic rings. The molecule has 0 bridgehead atoms. The van der Waals surface area contributed by atoms with Crippen molar-refractivity contribution in [2.24, 2.45) is 0 Å². The lowest BCUT2D eigenvalue weighted by atomic mass is 9.97. The van der Waals surface area contributed by atoms with Gasteiger partial charge in [-0.25, -0.2) is 9.37 Å². The molecule has 1 aliphatic heterocycles. The first-order valence-electron chi connectivity index (χ1n) is 10.5. The van der Waals surface area contributed by atoms with Crippen LogP contribution in [0.15, 0.2) is 47.0 Å². The molecule has 0 fully saturated rings. The molecule has 0 aliphatic carbocycles. The fraction of sp³-hybridized carbons (Fsp3) is 0.240. The molecule has 0 unspecified atom stereocenters. The second kappa shape index (κ2) is 8.20. The average Bonchev–Trinajstić information content (AvgIpc) is 3.22. The molecule has 0 N–H and O–H groups in total. The van der Waals surface area contributed by atoms with E-state index >= 15 is 0 Å². The van der Waals surface area contributed by atoms with Gasteiger partial charge >= 0.3 is 0 Å². The molecule has 0 saturated carbocycles. The van der Waals surface area contributed by atoms with Crippen LogP contribution in [-0.2, 0) is 13.0 Å². The lowest BCUT2D eigenvalue weighted by Gasteiger charge is -2.30. The first-order valence-corrected chi connectivity index (χ1v) is 10.5. The average molecular weight is 447 g/mol. The number of ether oxygens (including phenoxy) is 2. The van der Waals surface area contributed by atoms with Crippen molar-refractivity contribution in [2.45, 2.75) is 19.9 Å². The summed E-state index contributed by atoms with van der Waals surface area (Å²) >= 11 is 0. The van der Waals surface area contributed by atoms with E-state index in [1.165, 1.54) is 6.07 Å². The van der Waals surface area contributed by atoms with Gasteiger partial charge in [0.05, 0.1) is 36.6 Å². The van der Waals surface area contributed by atoms with E-state index in [0.29, 0.717) is 58.9 Å². The van der Waals surface area contributed by atoms with Gasteiger partial charge in [0, 0.05) is 18.7 Å². The second-order valence-electron chi connectivity index (χ2n) is 7.94. The third-order valence-electron chi connectivity index (χ3n) is 6.00. The number of rotatable bonds is 4. The lowest BCUT2D eigenvalue weighted by molar-refractivity contribution is 0.0736. The van der Waals surface area contributed by atoms with E-state index in [4.69, 9.17) is 14.0 Å². The van der Waals surface area contributed by atoms with Crippen LogP contribution in [-0.4, -0.2) is 41.7 Å². The van der Waals surface area contributed by atoms with E-state index in [0.717, 1.165) is 11.1 Å². The third kappa shape index (κ3) is 3.57. The molecule has 1 amide bonds. The van der Waals surface area contributed by atoms with Gasteiger partial charge in [0.25, 0.3) is 11.6 Å². The topological polar surface area (TPSA) is 77.7 Å². The molecule has 0 spiro atoms. The molecule has 33 heavy (non-hydrogen) atoms.